The number of aliphatic imine (C=N–C) groups is 1. The molecule has 1 unspecified atom stereocenters. The van der Waals surface area contributed by atoms with Gasteiger partial charge in [0.25, 0.3) is 0 Å². The van der Waals surface area contributed by atoms with Crippen LogP contribution in [0, 0.1) is 11.8 Å². The molecular weight excluding hydrogens is 477 g/mol. The van der Waals surface area contributed by atoms with Gasteiger partial charge in [-0.2, -0.15) is 0 Å². The minimum atomic E-state index is 0. The van der Waals surface area contributed by atoms with Crippen molar-refractivity contribution in [1.29, 1.82) is 0 Å². The number of hydrogen-bond acceptors (Lipinski definition) is 4. The molecule has 29 heavy (non-hydrogen) atoms. The molecule has 0 saturated carbocycles. The summed E-state index contributed by atoms with van der Waals surface area (Å²) in [6, 6.07) is 2.07. The zero-order chi connectivity index (χ0) is 20.4. The molecule has 6 nitrogen and oxygen atoms in total. The van der Waals surface area contributed by atoms with Crippen molar-refractivity contribution < 1.29 is 4.52 Å². The zero-order valence-electron chi connectivity index (χ0n) is 19.0. The van der Waals surface area contributed by atoms with Crippen molar-refractivity contribution in [3.05, 3.63) is 17.5 Å². The van der Waals surface area contributed by atoms with Gasteiger partial charge in [-0.25, -0.2) is 4.99 Å². The van der Waals surface area contributed by atoms with Crippen LogP contribution in [0.5, 0.6) is 0 Å². The van der Waals surface area contributed by atoms with Crippen LogP contribution < -0.4 is 10.6 Å². The third kappa shape index (κ3) is 9.24. The van der Waals surface area contributed by atoms with Crippen molar-refractivity contribution in [3.8, 4) is 0 Å². The number of nitrogens with zero attached hydrogens (tertiary/aromatic N) is 3. The first kappa shape index (κ1) is 26.2. The Morgan fingerprint density at radius 3 is 2.69 bits per heavy atom. The maximum absolute atomic E-state index is 5.50. The Labute approximate surface area is 194 Å². The third-order valence-electron chi connectivity index (χ3n) is 5.50. The highest BCUT2D eigenvalue weighted by molar-refractivity contribution is 14.0. The third-order valence-corrected chi connectivity index (χ3v) is 5.50. The summed E-state index contributed by atoms with van der Waals surface area (Å²) in [4.78, 5) is 7.32. The fourth-order valence-corrected chi connectivity index (χ4v) is 4.04. The first-order chi connectivity index (χ1) is 13.5. The highest BCUT2D eigenvalue weighted by atomic mass is 127. The molecule has 0 aromatic carbocycles. The van der Waals surface area contributed by atoms with E-state index in [1.165, 1.54) is 32.5 Å². The predicted octanol–water partition coefficient (Wildman–Crippen LogP) is 4.62. The van der Waals surface area contributed by atoms with Gasteiger partial charge in [0.1, 0.15) is 6.54 Å². The smallest absolute Gasteiger partial charge is 0.191 e. The average molecular weight is 520 g/mol. The number of nitrogens with one attached hydrogen (secondary N) is 2. The molecule has 0 aliphatic carbocycles. The number of hydrogen-bond donors (Lipinski definition) is 2. The molecule has 1 aliphatic rings. The van der Waals surface area contributed by atoms with Crippen LogP contribution in [-0.2, 0) is 6.54 Å². The van der Waals surface area contributed by atoms with Gasteiger partial charge < -0.3 is 20.1 Å². The molecule has 1 aromatic heterocycles. The van der Waals surface area contributed by atoms with E-state index in [9.17, 15) is 0 Å². The van der Waals surface area contributed by atoms with Crippen LogP contribution >= 0.6 is 24.0 Å². The van der Waals surface area contributed by atoms with Crippen LogP contribution in [0.3, 0.4) is 0 Å². The lowest BCUT2D eigenvalue weighted by molar-refractivity contribution is 0.159. The van der Waals surface area contributed by atoms with Crippen molar-refractivity contribution in [2.24, 2.45) is 16.8 Å². The van der Waals surface area contributed by atoms with Crippen LogP contribution in [0.25, 0.3) is 0 Å². The average Bonchev–Trinajstić information content (AvgIpc) is 3.13. The van der Waals surface area contributed by atoms with E-state index < -0.39 is 0 Å². The molecule has 1 aliphatic heterocycles. The van der Waals surface area contributed by atoms with Crippen LogP contribution in [-0.4, -0.2) is 48.7 Å². The number of halogens is 1. The molecule has 1 aromatic rings. The van der Waals surface area contributed by atoms with Crippen molar-refractivity contribution in [2.45, 2.75) is 72.8 Å². The van der Waals surface area contributed by atoms with E-state index in [0.717, 1.165) is 49.3 Å². The highest BCUT2D eigenvalue weighted by Crippen LogP contribution is 2.22. The maximum atomic E-state index is 5.50. The van der Waals surface area contributed by atoms with Gasteiger partial charge >= 0.3 is 0 Å². The molecule has 0 amide bonds. The quantitative estimate of drug-likeness (QED) is 0.268. The summed E-state index contributed by atoms with van der Waals surface area (Å²) in [7, 11) is 0. The number of aromatic nitrogens is 1. The molecule has 2 rings (SSSR count). The number of likely N-dealkylation sites (tertiary alicyclic amines) is 1. The molecule has 1 atom stereocenters. The van der Waals surface area contributed by atoms with E-state index in [0.29, 0.717) is 18.4 Å². The van der Waals surface area contributed by atoms with E-state index in [1.807, 2.05) is 0 Å². The fourth-order valence-electron chi connectivity index (χ4n) is 4.04. The first-order valence-corrected chi connectivity index (χ1v) is 11.3. The van der Waals surface area contributed by atoms with E-state index in [-0.39, 0.29) is 24.0 Å². The Hall–Kier alpha value is -0.830. The standard InChI is InChI=1S/C22H41N5O.HI/c1-6-19(7-2)21-12-20(28-26-21)14-25-22(23-8-3)24-13-18-10-9-11-27(16-18)15-17(4)5;/h12,17-19H,6-11,13-16H2,1-5H3,(H2,23,24,25);1H. The SMILES string of the molecule is CCNC(=NCc1cc(C(CC)CC)no1)NCC1CCCN(CC(C)C)C1.I. The molecule has 0 bridgehead atoms. The van der Waals surface area contributed by atoms with Gasteiger partial charge in [0.2, 0.25) is 0 Å². The van der Waals surface area contributed by atoms with E-state index >= 15 is 0 Å². The van der Waals surface area contributed by atoms with Gasteiger partial charge in [-0.05, 0) is 51.0 Å². The molecule has 7 heteroatoms. The summed E-state index contributed by atoms with van der Waals surface area (Å²) < 4.78 is 5.50. The largest absolute Gasteiger partial charge is 0.359 e. The van der Waals surface area contributed by atoms with Crippen LogP contribution in [0.15, 0.2) is 15.6 Å². The first-order valence-electron chi connectivity index (χ1n) is 11.3. The minimum Gasteiger partial charge on any atom is -0.359 e. The van der Waals surface area contributed by atoms with Gasteiger partial charge in [0.15, 0.2) is 11.7 Å². The lowest BCUT2D eigenvalue weighted by Gasteiger charge is -2.34. The number of piperidine rings is 1. The van der Waals surface area contributed by atoms with E-state index in [4.69, 9.17) is 9.52 Å². The van der Waals surface area contributed by atoms with E-state index in [2.05, 4.69) is 61.4 Å². The van der Waals surface area contributed by atoms with Gasteiger partial charge in [-0.15, -0.1) is 24.0 Å². The van der Waals surface area contributed by atoms with Crippen molar-refractivity contribution in [3.63, 3.8) is 0 Å². The molecule has 0 spiro atoms. The van der Waals surface area contributed by atoms with Crippen LogP contribution in [0.4, 0.5) is 0 Å². The Balaban J connectivity index is 0.00000420. The second-order valence-corrected chi connectivity index (χ2v) is 8.47. The highest BCUT2D eigenvalue weighted by Gasteiger charge is 2.20. The lowest BCUT2D eigenvalue weighted by atomic mass is 9.97. The van der Waals surface area contributed by atoms with Gasteiger partial charge in [-0.1, -0.05) is 32.9 Å². The normalized spacial score (nSPS) is 18.2. The molecule has 2 heterocycles. The summed E-state index contributed by atoms with van der Waals surface area (Å²) >= 11 is 0. The second kappa shape index (κ2) is 14.2. The predicted molar refractivity (Wildman–Crippen MR) is 132 cm³/mol. The number of rotatable bonds is 10. The van der Waals surface area contributed by atoms with Crippen molar-refractivity contribution in [1.82, 2.24) is 20.7 Å². The topological polar surface area (TPSA) is 65.7 Å². The molecule has 2 N–H and O–H groups in total. The van der Waals surface area contributed by atoms with Gasteiger partial charge in [-0.3, -0.25) is 0 Å². The molecule has 0 radical (unpaired) electrons. The molecule has 1 fully saturated rings. The Morgan fingerprint density at radius 1 is 1.28 bits per heavy atom. The Morgan fingerprint density at radius 2 is 2.03 bits per heavy atom. The summed E-state index contributed by atoms with van der Waals surface area (Å²) in [6.07, 6.45) is 4.77. The van der Waals surface area contributed by atoms with Gasteiger partial charge in [0, 0.05) is 38.2 Å². The summed E-state index contributed by atoms with van der Waals surface area (Å²) in [5, 5.41) is 11.1. The van der Waals surface area contributed by atoms with Crippen molar-refractivity contribution >= 4 is 29.9 Å². The van der Waals surface area contributed by atoms with Crippen LogP contribution in [0.2, 0.25) is 0 Å². The lowest BCUT2D eigenvalue weighted by Crippen LogP contribution is -2.45. The molecule has 168 valence electrons. The minimum absolute atomic E-state index is 0. The monoisotopic (exact) mass is 519 g/mol. The Bertz CT molecular complexity index is 586. The molecule has 1 saturated heterocycles. The zero-order valence-corrected chi connectivity index (χ0v) is 21.4. The second-order valence-electron chi connectivity index (χ2n) is 8.47. The van der Waals surface area contributed by atoms with Crippen molar-refractivity contribution in [2.75, 3.05) is 32.7 Å². The summed E-state index contributed by atoms with van der Waals surface area (Å²) in [5.41, 5.74) is 1.06. The van der Waals surface area contributed by atoms with E-state index in [1.54, 1.807) is 0 Å². The molecular formula is C22H42IN5O. The van der Waals surface area contributed by atoms with Gasteiger partial charge in [0.05, 0.1) is 5.69 Å². The summed E-state index contributed by atoms with van der Waals surface area (Å²) in [6.45, 7) is 17.1. The number of guanidine groups is 1. The summed E-state index contributed by atoms with van der Waals surface area (Å²) in [5.74, 6) is 3.59. The van der Waals surface area contributed by atoms with Crippen LogP contribution in [0.1, 0.15) is 77.7 Å². The fraction of sp³-hybridized carbons (Fsp3) is 0.818. The maximum Gasteiger partial charge on any atom is 0.191 e. The Kier molecular flexibility index (Phi) is 12.9.